The molecule has 0 atom stereocenters. The molecule has 0 aliphatic heterocycles. The molecule has 2 nitrogen and oxygen atoms in total. The molecule has 0 aliphatic rings. The highest BCUT2D eigenvalue weighted by Crippen LogP contribution is 2.21. The van der Waals surface area contributed by atoms with Crippen molar-refractivity contribution in [1.29, 1.82) is 0 Å². The first-order valence-electron chi connectivity index (χ1n) is 5.51. The van der Waals surface area contributed by atoms with Crippen molar-refractivity contribution in [3.8, 4) is 5.75 Å². The van der Waals surface area contributed by atoms with Crippen LogP contribution < -0.4 is 4.74 Å². The molecule has 88 valence electrons. The number of ether oxygens (including phenoxy) is 1. The van der Waals surface area contributed by atoms with Gasteiger partial charge in [0, 0.05) is 17.5 Å². The predicted molar refractivity (Wildman–Crippen MR) is 61.4 cm³/mol. The Hall–Kier alpha value is -1.38. The Morgan fingerprint density at radius 1 is 1.31 bits per heavy atom. The van der Waals surface area contributed by atoms with E-state index in [1.807, 2.05) is 13.8 Å². The number of hydrogen-bond acceptors (Lipinski definition) is 2. The largest absolute Gasteiger partial charge is 0.497 e. The third kappa shape index (κ3) is 2.81. The maximum absolute atomic E-state index is 13.2. The van der Waals surface area contributed by atoms with Gasteiger partial charge in [-0.05, 0) is 25.0 Å². The molecule has 0 aromatic heterocycles. The summed E-state index contributed by atoms with van der Waals surface area (Å²) >= 11 is 0. The molecule has 0 spiro atoms. The van der Waals surface area contributed by atoms with E-state index in [0.717, 1.165) is 12.8 Å². The third-order valence-corrected chi connectivity index (χ3v) is 2.75. The van der Waals surface area contributed by atoms with Crippen molar-refractivity contribution in [3.63, 3.8) is 0 Å². The minimum absolute atomic E-state index is 0.0113. The van der Waals surface area contributed by atoms with E-state index < -0.39 is 5.82 Å². The predicted octanol–water partition coefficient (Wildman–Crippen LogP) is 3.45. The Kier molecular flexibility index (Phi) is 4.47. The number of carbonyl (C=O) groups excluding carboxylic acids is 1. The minimum Gasteiger partial charge on any atom is -0.497 e. The smallest absolute Gasteiger partial charge is 0.166 e. The van der Waals surface area contributed by atoms with E-state index in [2.05, 4.69) is 0 Å². The highest BCUT2D eigenvalue weighted by Gasteiger charge is 2.17. The summed E-state index contributed by atoms with van der Waals surface area (Å²) in [6.45, 7) is 3.92. The monoisotopic (exact) mass is 224 g/mol. The molecule has 1 aromatic rings. The van der Waals surface area contributed by atoms with Crippen LogP contribution in [-0.2, 0) is 0 Å². The van der Waals surface area contributed by atoms with E-state index >= 15 is 0 Å². The standard InChI is InChI=1S/C13H17FO2/c1-4-9(5-2)13(15)10-6-11(14)8-12(7-10)16-3/h6-9H,4-5H2,1-3H3. The van der Waals surface area contributed by atoms with Gasteiger partial charge in [-0.3, -0.25) is 4.79 Å². The quantitative estimate of drug-likeness (QED) is 0.716. The fourth-order valence-electron chi connectivity index (χ4n) is 1.72. The molecule has 0 saturated carbocycles. The number of methoxy groups -OCH3 is 1. The summed E-state index contributed by atoms with van der Waals surface area (Å²) in [5, 5.41) is 0. The lowest BCUT2D eigenvalue weighted by Gasteiger charge is -2.11. The molecule has 0 N–H and O–H groups in total. The summed E-state index contributed by atoms with van der Waals surface area (Å²) in [6.07, 6.45) is 1.54. The zero-order valence-corrected chi connectivity index (χ0v) is 9.92. The Labute approximate surface area is 95.4 Å². The molecular formula is C13H17FO2. The van der Waals surface area contributed by atoms with Gasteiger partial charge in [0.05, 0.1) is 7.11 Å². The molecule has 1 rings (SSSR count). The first-order valence-corrected chi connectivity index (χ1v) is 5.51. The van der Waals surface area contributed by atoms with Gasteiger partial charge >= 0.3 is 0 Å². The lowest BCUT2D eigenvalue weighted by molar-refractivity contribution is 0.0912. The fraction of sp³-hybridized carbons (Fsp3) is 0.462. The van der Waals surface area contributed by atoms with Crippen LogP contribution in [0.4, 0.5) is 4.39 Å². The van der Waals surface area contributed by atoms with Crippen LogP contribution in [0.3, 0.4) is 0 Å². The number of halogens is 1. The van der Waals surface area contributed by atoms with E-state index in [-0.39, 0.29) is 11.7 Å². The topological polar surface area (TPSA) is 26.3 Å². The van der Waals surface area contributed by atoms with Gasteiger partial charge in [0.1, 0.15) is 11.6 Å². The van der Waals surface area contributed by atoms with E-state index in [0.29, 0.717) is 11.3 Å². The van der Waals surface area contributed by atoms with E-state index in [1.165, 1.54) is 19.2 Å². The van der Waals surface area contributed by atoms with Gasteiger partial charge in [0.25, 0.3) is 0 Å². The van der Waals surface area contributed by atoms with E-state index in [1.54, 1.807) is 6.07 Å². The Balaban J connectivity index is 3.03. The minimum atomic E-state index is -0.436. The second-order valence-corrected chi connectivity index (χ2v) is 3.76. The number of carbonyl (C=O) groups is 1. The van der Waals surface area contributed by atoms with Crippen LogP contribution in [0.5, 0.6) is 5.75 Å². The number of Topliss-reactive ketones (excluding diaryl/α,β-unsaturated/α-hetero) is 1. The Morgan fingerprint density at radius 3 is 2.44 bits per heavy atom. The summed E-state index contributed by atoms with van der Waals surface area (Å²) < 4.78 is 18.2. The fourth-order valence-corrected chi connectivity index (χ4v) is 1.72. The second kappa shape index (κ2) is 5.64. The van der Waals surface area contributed by atoms with Gasteiger partial charge in [-0.1, -0.05) is 13.8 Å². The number of rotatable bonds is 5. The molecular weight excluding hydrogens is 207 g/mol. The number of ketones is 1. The number of hydrogen-bond donors (Lipinski definition) is 0. The molecule has 0 radical (unpaired) electrons. The first-order chi connectivity index (χ1) is 7.62. The Morgan fingerprint density at radius 2 is 1.94 bits per heavy atom. The van der Waals surface area contributed by atoms with Crippen LogP contribution >= 0.6 is 0 Å². The van der Waals surface area contributed by atoms with Crippen LogP contribution in [0.2, 0.25) is 0 Å². The van der Waals surface area contributed by atoms with Crippen LogP contribution in [0.1, 0.15) is 37.0 Å². The molecule has 0 unspecified atom stereocenters. The summed E-state index contributed by atoms with van der Waals surface area (Å²) in [5.41, 5.74) is 0.394. The average Bonchev–Trinajstić information content (AvgIpc) is 2.29. The lowest BCUT2D eigenvalue weighted by atomic mass is 9.93. The van der Waals surface area contributed by atoms with Crippen LogP contribution in [0.25, 0.3) is 0 Å². The molecule has 0 fully saturated rings. The summed E-state index contributed by atoms with van der Waals surface area (Å²) in [7, 11) is 1.46. The molecule has 0 amide bonds. The van der Waals surface area contributed by atoms with Crippen molar-refractivity contribution >= 4 is 5.78 Å². The van der Waals surface area contributed by atoms with Gasteiger partial charge in [0.2, 0.25) is 0 Å². The Bertz CT molecular complexity index is 370. The van der Waals surface area contributed by atoms with Crippen LogP contribution in [0, 0.1) is 11.7 Å². The van der Waals surface area contributed by atoms with E-state index in [4.69, 9.17) is 4.74 Å². The molecule has 0 saturated heterocycles. The molecule has 3 heteroatoms. The van der Waals surface area contributed by atoms with Crippen molar-refractivity contribution < 1.29 is 13.9 Å². The van der Waals surface area contributed by atoms with E-state index in [9.17, 15) is 9.18 Å². The molecule has 0 heterocycles. The normalized spacial score (nSPS) is 10.6. The highest BCUT2D eigenvalue weighted by atomic mass is 19.1. The van der Waals surface area contributed by atoms with Gasteiger partial charge in [0.15, 0.2) is 5.78 Å². The lowest BCUT2D eigenvalue weighted by Crippen LogP contribution is -2.13. The molecule has 0 bridgehead atoms. The van der Waals surface area contributed by atoms with Crippen molar-refractivity contribution in [2.75, 3.05) is 7.11 Å². The van der Waals surface area contributed by atoms with Crippen molar-refractivity contribution in [3.05, 3.63) is 29.6 Å². The van der Waals surface area contributed by atoms with Crippen molar-refractivity contribution in [2.24, 2.45) is 5.92 Å². The maximum Gasteiger partial charge on any atom is 0.166 e. The highest BCUT2D eigenvalue weighted by molar-refractivity contribution is 5.98. The van der Waals surface area contributed by atoms with Gasteiger partial charge in [-0.15, -0.1) is 0 Å². The molecule has 0 aliphatic carbocycles. The third-order valence-electron chi connectivity index (χ3n) is 2.75. The van der Waals surface area contributed by atoms with Gasteiger partial charge in [-0.2, -0.15) is 0 Å². The molecule has 1 aromatic carbocycles. The van der Waals surface area contributed by atoms with Crippen LogP contribution in [-0.4, -0.2) is 12.9 Å². The zero-order valence-electron chi connectivity index (χ0n) is 9.92. The zero-order chi connectivity index (χ0) is 12.1. The van der Waals surface area contributed by atoms with Crippen molar-refractivity contribution in [1.82, 2.24) is 0 Å². The summed E-state index contributed by atoms with van der Waals surface area (Å²) in [6, 6.07) is 4.12. The summed E-state index contributed by atoms with van der Waals surface area (Å²) in [5.74, 6) is -0.0998. The van der Waals surface area contributed by atoms with Crippen LogP contribution in [0.15, 0.2) is 18.2 Å². The maximum atomic E-state index is 13.2. The first kappa shape index (κ1) is 12.7. The second-order valence-electron chi connectivity index (χ2n) is 3.76. The SMILES string of the molecule is CCC(CC)C(=O)c1cc(F)cc(OC)c1. The molecule has 16 heavy (non-hydrogen) atoms. The van der Waals surface area contributed by atoms with Gasteiger partial charge < -0.3 is 4.74 Å². The number of benzene rings is 1. The van der Waals surface area contributed by atoms with Gasteiger partial charge in [-0.25, -0.2) is 4.39 Å². The van der Waals surface area contributed by atoms with Crippen molar-refractivity contribution in [2.45, 2.75) is 26.7 Å². The summed E-state index contributed by atoms with van der Waals surface area (Å²) in [4.78, 5) is 12.0. The average molecular weight is 224 g/mol.